The van der Waals surface area contributed by atoms with E-state index in [1.807, 2.05) is 17.5 Å². The predicted molar refractivity (Wildman–Crippen MR) is 152 cm³/mol. The fraction of sp³-hybridized carbons (Fsp3) is 0.321. The van der Waals surface area contributed by atoms with Crippen molar-refractivity contribution in [2.75, 3.05) is 50.1 Å². The van der Waals surface area contributed by atoms with E-state index >= 15 is 0 Å². The lowest BCUT2D eigenvalue weighted by molar-refractivity contribution is -0.115. The third-order valence-corrected chi connectivity index (χ3v) is 8.26. The smallest absolute Gasteiger partial charge is 0.278 e. The average molecular weight is 549 g/mol. The maximum atomic E-state index is 13.2. The van der Waals surface area contributed by atoms with Crippen molar-refractivity contribution in [2.24, 2.45) is 0 Å². The van der Waals surface area contributed by atoms with E-state index in [1.54, 1.807) is 18.3 Å². The Labute approximate surface area is 230 Å². The number of hydrogen-bond donors (Lipinski definition) is 2. The minimum absolute atomic E-state index is 0.00865. The van der Waals surface area contributed by atoms with Crippen LogP contribution >= 0.6 is 22.9 Å². The highest BCUT2D eigenvalue weighted by Crippen LogP contribution is 2.33. The van der Waals surface area contributed by atoms with Crippen LogP contribution in [-0.2, 0) is 4.74 Å². The van der Waals surface area contributed by atoms with E-state index in [1.165, 1.54) is 17.0 Å². The van der Waals surface area contributed by atoms with E-state index < -0.39 is 0 Å². The maximum Gasteiger partial charge on any atom is 0.278 e. The zero-order valence-electron chi connectivity index (χ0n) is 21.1. The van der Waals surface area contributed by atoms with Crippen LogP contribution in [0.4, 0.5) is 10.8 Å². The molecule has 0 radical (unpaired) electrons. The van der Waals surface area contributed by atoms with Gasteiger partial charge in [-0.1, -0.05) is 23.7 Å². The Morgan fingerprint density at radius 1 is 1.08 bits per heavy atom. The monoisotopic (exact) mass is 548 g/mol. The van der Waals surface area contributed by atoms with Crippen molar-refractivity contribution in [1.29, 1.82) is 0 Å². The predicted octanol–water partition coefficient (Wildman–Crippen LogP) is 5.41. The highest BCUT2D eigenvalue weighted by Gasteiger charge is 2.38. The molecule has 196 valence electrons. The molecule has 0 aliphatic carbocycles. The number of anilines is 2. The summed E-state index contributed by atoms with van der Waals surface area (Å²) in [6.45, 7) is 4.77. The van der Waals surface area contributed by atoms with Gasteiger partial charge in [-0.25, -0.2) is 9.97 Å². The zero-order chi connectivity index (χ0) is 26.1. The van der Waals surface area contributed by atoms with E-state index in [9.17, 15) is 4.79 Å². The molecule has 4 heterocycles. The number of benzene rings is 2. The number of thiazole rings is 1. The number of hydrogen-bond acceptors (Lipinski definition) is 7. The molecule has 2 aromatic carbocycles. The zero-order valence-corrected chi connectivity index (χ0v) is 22.7. The molecule has 0 saturated carbocycles. The number of carbonyl (C=O) groups excluding carboxylic acids is 1. The van der Waals surface area contributed by atoms with Crippen molar-refractivity contribution in [2.45, 2.75) is 18.4 Å². The van der Waals surface area contributed by atoms with Gasteiger partial charge in [0.15, 0.2) is 10.8 Å². The first kappa shape index (κ1) is 25.1. The molecule has 2 aliphatic rings. The molecule has 1 amide bonds. The van der Waals surface area contributed by atoms with Crippen molar-refractivity contribution >= 4 is 39.7 Å². The molecule has 10 heteroatoms. The van der Waals surface area contributed by atoms with Crippen LogP contribution < -0.4 is 10.2 Å². The number of carbonyl (C=O) groups is 1. The van der Waals surface area contributed by atoms with Gasteiger partial charge >= 0.3 is 0 Å². The maximum absolute atomic E-state index is 13.2. The minimum Gasteiger partial charge on any atom is -0.372 e. The number of rotatable bonds is 5. The second kappa shape index (κ2) is 10.5. The topological polar surface area (TPSA) is 86.4 Å². The number of imidazole rings is 1. The number of nitrogens with zero attached hydrogens (tertiary/aromatic N) is 4. The summed E-state index contributed by atoms with van der Waals surface area (Å²) in [6.07, 6.45) is 3.71. The summed E-state index contributed by atoms with van der Waals surface area (Å²) in [5.41, 5.74) is 3.84. The summed E-state index contributed by atoms with van der Waals surface area (Å²) in [5, 5.41) is 5.82. The SMILES string of the molecule is CN1CCOC2(CCN(c3ccc(-c4nc(C(=O)Nc5nccs5)c(-c5ccc(Cl)cc5)[nH]4)cc3)CC2)C1. The summed E-state index contributed by atoms with van der Waals surface area (Å²) >= 11 is 7.46. The van der Waals surface area contributed by atoms with Crippen LogP contribution in [0.15, 0.2) is 60.1 Å². The van der Waals surface area contributed by atoms with Crippen LogP contribution in [0.3, 0.4) is 0 Å². The number of aromatic amines is 1. The van der Waals surface area contributed by atoms with E-state index in [0.717, 1.165) is 56.8 Å². The number of likely N-dealkylation sites (N-methyl/N-ethyl adjacent to an activating group) is 1. The third kappa shape index (κ3) is 5.19. The number of amides is 1. The lowest BCUT2D eigenvalue weighted by Crippen LogP contribution is -2.56. The van der Waals surface area contributed by atoms with Gasteiger partial charge in [0, 0.05) is 59.6 Å². The Morgan fingerprint density at radius 3 is 2.50 bits per heavy atom. The van der Waals surface area contributed by atoms with Crippen molar-refractivity contribution in [1.82, 2.24) is 19.9 Å². The van der Waals surface area contributed by atoms with Gasteiger partial charge in [0.1, 0.15) is 5.82 Å². The number of H-pyrrole nitrogens is 1. The van der Waals surface area contributed by atoms with E-state index in [0.29, 0.717) is 27.4 Å². The number of nitrogens with one attached hydrogen (secondary N) is 2. The second-order valence-corrected chi connectivity index (χ2v) is 11.2. The van der Waals surface area contributed by atoms with Crippen molar-refractivity contribution in [3.63, 3.8) is 0 Å². The molecule has 0 atom stereocenters. The summed E-state index contributed by atoms with van der Waals surface area (Å²) in [4.78, 5) is 30.2. The number of piperidine rings is 1. The Bertz CT molecular complexity index is 1400. The van der Waals surface area contributed by atoms with E-state index in [-0.39, 0.29) is 11.5 Å². The molecule has 0 bridgehead atoms. The van der Waals surface area contributed by atoms with E-state index in [2.05, 4.69) is 56.4 Å². The average Bonchev–Trinajstić information content (AvgIpc) is 3.60. The van der Waals surface area contributed by atoms with E-state index in [4.69, 9.17) is 21.3 Å². The highest BCUT2D eigenvalue weighted by molar-refractivity contribution is 7.13. The van der Waals surface area contributed by atoms with Crippen molar-refractivity contribution in [3.05, 3.63) is 70.8 Å². The van der Waals surface area contributed by atoms with Gasteiger partial charge in [-0.05, 0) is 56.3 Å². The summed E-state index contributed by atoms with van der Waals surface area (Å²) in [7, 11) is 2.18. The Balaban J connectivity index is 1.23. The Hall–Kier alpha value is -3.24. The van der Waals surface area contributed by atoms with Crippen LogP contribution in [0.1, 0.15) is 23.3 Å². The molecule has 2 N–H and O–H groups in total. The summed E-state index contributed by atoms with van der Waals surface area (Å²) < 4.78 is 6.22. The molecule has 2 aromatic heterocycles. The Kier molecular flexibility index (Phi) is 6.92. The number of aromatic nitrogens is 3. The molecule has 6 rings (SSSR count). The van der Waals surface area contributed by atoms with Gasteiger partial charge in [-0.15, -0.1) is 11.3 Å². The van der Waals surface area contributed by atoms with Crippen LogP contribution in [-0.4, -0.2) is 71.2 Å². The standard InChI is InChI=1S/C28H29ClN6O2S/c1-34-15-16-37-28(18-34)10-13-35(14-11-28)22-8-4-20(5-9-22)25-31-23(19-2-6-21(29)7-3-19)24(32-25)26(36)33-27-30-12-17-38-27/h2-9,12,17H,10-11,13-16,18H2,1H3,(H,31,32)(H,30,33,36). The number of halogens is 1. The largest absolute Gasteiger partial charge is 0.372 e. The van der Waals surface area contributed by atoms with Crippen LogP contribution in [0.2, 0.25) is 5.02 Å². The van der Waals surface area contributed by atoms with Gasteiger partial charge in [0.05, 0.1) is 17.9 Å². The first-order chi connectivity index (χ1) is 18.5. The van der Waals surface area contributed by atoms with Gasteiger partial charge in [0.25, 0.3) is 5.91 Å². The van der Waals surface area contributed by atoms with Crippen molar-refractivity contribution < 1.29 is 9.53 Å². The van der Waals surface area contributed by atoms with Crippen LogP contribution in [0.25, 0.3) is 22.6 Å². The quantitative estimate of drug-likeness (QED) is 0.347. The summed E-state index contributed by atoms with van der Waals surface area (Å²) in [5.74, 6) is 0.309. The van der Waals surface area contributed by atoms with Gasteiger partial charge in [0.2, 0.25) is 0 Å². The molecule has 0 unspecified atom stereocenters. The highest BCUT2D eigenvalue weighted by atomic mass is 35.5. The Morgan fingerprint density at radius 2 is 1.82 bits per heavy atom. The molecular formula is C28H29ClN6O2S. The lowest BCUT2D eigenvalue weighted by Gasteiger charge is -2.47. The molecule has 1 spiro atoms. The van der Waals surface area contributed by atoms with Gasteiger partial charge in [-0.3, -0.25) is 10.1 Å². The number of ether oxygens (including phenoxy) is 1. The minimum atomic E-state index is -0.318. The molecule has 2 fully saturated rings. The fourth-order valence-electron chi connectivity index (χ4n) is 5.28. The van der Waals surface area contributed by atoms with Crippen molar-refractivity contribution in [3.8, 4) is 22.6 Å². The van der Waals surface area contributed by atoms with Crippen LogP contribution in [0.5, 0.6) is 0 Å². The fourth-order valence-corrected chi connectivity index (χ4v) is 5.93. The molecule has 8 nitrogen and oxygen atoms in total. The molecule has 38 heavy (non-hydrogen) atoms. The van der Waals surface area contributed by atoms with Gasteiger partial charge in [-0.2, -0.15) is 0 Å². The first-order valence-corrected chi connectivity index (χ1v) is 14.0. The lowest BCUT2D eigenvalue weighted by atomic mass is 9.89. The molecular weight excluding hydrogens is 520 g/mol. The molecule has 2 saturated heterocycles. The normalized spacial score (nSPS) is 17.6. The third-order valence-electron chi connectivity index (χ3n) is 7.32. The van der Waals surface area contributed by atoms with Crippen LogP contribution in [0, 0.1) is 0 Å². The first-order valence-electron chi connectivity index (χ1n) is 12.7. The molecule has 4 aromatic rings. The molecule has 2 aliphatic heterocycles. The summed E-state index contributed by atoms with van der Waals surface area (Å²) in [6, 6.07) is 15.7. The second-order valence-electron chi connectivity index (χ2n) is 9.91. The van der Waals surface area contributed by atoms with Gasteiger partial charge < -0.3 is 19.5 Å². The number of morpholine rings is 1.